The highest BCUT2D eigenvalue weighted by Gasteiger charge is 2.13. The van der Waals surface area contributed by atoms with Crippen LogP contribution in [0.5, 0.6) is 0 Å². The van der Waals surface area contributed by atoms with Gasteiger partial charge in [-0.25, -0.2) is 4.98 Å². The van der Waals surface area contributed by atoms with Crippen LogP contribution in [0.1, 0.15) is 29.1 Å². The SMILES string of the molecule is CC(NC(=O)c1ccc2cc[nH]c2c1)c1ncc[nH]1. The summed E-state index contributed by atoms with van der Waals surface area (Å²) in [5.74, 6) is 0.634. The van der Waals surface area contributed by atoms with Crippen molar-refractivity contribution in [2.45, 2.75) is 13.0 Å². The molecule has 96 valence electrons. The second-order valence-corrected chi connectivity index (χ2v) is 4.45. The molecular weight excluding hydrogens is 240 g/mol. The van der Waals surface area contributed by atoms with Crippen LogP contribution in [0, 0.1) is 0 Å². The van der Waals surface area contributed by atoms with E-state index in [4.69, 9.17) is 0 Å². The Labute approximate surface area is 110 Å². The molecule has 1 aromatic carbocycles. The van der Waals surface area contributed by atoms with E-state index in [2.05, 4.69) is 20.3 Å². The third-order valence-corrected chi connectivity index (χ3v) is 3.09. The zero-order chi connectivity index (χ0) is 13.2. The molecular formula is C14H14N4O. The van der Waals surface area contributed by atoms with Crippen LogP contribution in [0.4, 0.5) is 0 Å². The molecule has 0 aliphatic heterocycles. The van der Waals surface area contributed by atoms with E-state index in [9.17, 15) is 4.79 Å². The fourth-order valence-electron chi connectivity index (χ4n) is 2.05. The maximum absolute atomic E-state index is 12.1. The molecule has 0 bridgehead atoms. The Balaban J connectivity index is 1.79. The summed E-state index contributed by atoms with van der Waals surface area (Å²) in [6, 6.07) is 7.42. The van der Waals surface area contributed by atoms with E-state index in [0.717, 1.165) is 16.7 Å². The Bertz CT molecular complexity index is 699. The Morgan fingerprint density at radius 2 is 2.16 bits per heavy atom. The second kappa shape index (κ2) is 4.61. The minimum absolute atomic E-state index is 0.111. The fourth-order valence-corrected chi connectivity index (χ4v) is 2.05. The summed E-state index contributed by atoms with van der Waals surface area (Å²) < 4.78 is 0. The summed E-state index contributed by atoms with van der Waals surface area (Å²) in [4.78, 5) is 22.4. The molecule has 3 rings (SSSR count). The van der Waals surface area contributed by atoms with Crippen molar-refractivity contribution < 1.29 is 4.79 Å². The molecule has 3 aromatic rings. The first-order valence-electron chi connectivity index (χ1n) is 6.11. The molecule has 0 aliphatic carbocycles. The summed E-state index contributed by atoms with van der Waals surface area (Å²) in [6.07, 6.45) is 5.27. The zero-order valence-corrected chi connectivity index (χ0v) is 10.5. The molecule has 19 heavy (non-hydrogen) atoms. The van der Waals surface area contributed by atoms with Crippen molar-refractivity contribution in [2.75, 3.05) is 0 Å². The highest BCUT2D eigenvalue weighted by atomic mass is 16.1. The molecule has 2 heterocycles. The third kappa shape index (κ3) is 2.22. The van der Waals surface area contributed by atoms with Gasteiger partial charge in [-0.05, 0) is 30.5 Å². The molecule has 0 radical (unpaired) electrons. The first-order chi connectivity index (χ1) is 9.24. The van der Waals surface area contributed by atoms with E-state index in [0.29, 0.717) is 5.56 Å². The summed E-state index contributed by atoms with van der Waals surface area (Å²) in [7, 11) is 0. The van der Waals surface area contributed by atoms with Crippen LogP contribution in [0.3, 0.4) is 0 Å². The number of aromatic nitrogens is 3. The van der Waals surface area contributed by atoms with Crippen LogP contribution in [-0.2, 0) is 0 Å². The number of hydrogen-bond acceptors (Lipinski definition) is 2. The molecule has 0 saturated carbocycles. The summed E-state index contributed by atoms with van der Waals surface area (Å²) in [5, 5.41) is 4.00. The quantitative estimate of drug-likeness (QED) is 0.671. The predicted molar refractivity (Wildman–Crippen MR) is 72.8 cm³/mol. The van der Waals surface area contributed by atoms with Gasteiger partial charge in [0.2, 0.25) is 0 Å². The maximum atomic E-state index is 12.1. The molecule has 0 fully saturated rings. The van der Waals surface area contributed by atoms with Gasteiger partial charge in [-0.2, -0.15) is 0 Å². The third-order valence-electron chi connectivity index (χ3n) is 3.09. The molecule has 0 saturated heterocycles. The van der Waals surface area contributed by atoms with Crippen LogP contribution in [-0.4, -0.2) is 20.9 Å². The van der Waals surface area contributed by atoms with Gasteiger partial charge in [0, 0.05) is 29.7 Å². The van der Waals surface area contributed by atoms with E-state index in [-0.39, 0.29) is 11.9 Å². The number of rotatable bonds is 3. The Kier molecular flexibility index (Phi) is 2.79. The average Bonchev–Trinajstić information content (AvgIpc) is 3.09. The number of nitrogens with zero attached hydrogens (tertiary/aromatic N) is 1. The van der Waals surface area contributed by atoms with E-state index in [1.165, 1.54) is 0 Å². The van der Waals surface area contributed by atoms with Crippen molar-refractivity contribution in [1.29, 1.82) is 0 Å². The minimum Gasteiger partial charge on any atom is -0.361 e. The van der Waals surface area contributed by atoms with Gasteiger partial charge < -0.3 is 15.3 Å². The monoisotopic (exact) mass is 254 g/mol. The normalized spacial score (nSPS) is 12.5. The van der Waals surface area contributed by atoms with Crippen LogP contribution in [0.2, 0.25) is 0 Å². The number of nitrogens with one attached hydrogen (secondary N) is 3. The van der Waals surface area contributed by atoms with Crippen molar-refractivity contribution in [3.8, 4) is 0 Å². The number of fused-ring (bicyclic) bond motifs is 1. The molecule has 1 amide bonds. The number of benzene rings is 1. The highest BCUT2D eigenvalue weighted by molar-refractivity contribution is 5.98. The van der Waals surface area contributed by atoms with Gasteiger partial charge in [0.25, 0.3) is 5.91 Å². The Hall–Kier alpha value is -2.56. The molecule has 1 atom stereocenters. The van der Waals surface area contributed by atoms with Crippen LogP contribution >= 0.6 is 0 Å². The maximum Gasteiger partial charge on any atom is 0.251 e. The molecule has 0 aliphatic rings. The smallest absolute Gasteiger partial charge is 0.251 e. The number of hydrogen-bond donors (Lipinski definition) is 3. The minimum atomic E-state index is -0.151. The Morgan fingerprint density at radius 1 is 1.26 bits per heavy atom. The molecule has 2 aromatic heterocycles. The van der Waals surface area contributed by atoms with Gasteiger partial charge in [-0.15, -0.1) is 0 Å². The van der Waals surface area contributed by atoms with Crippen molar-refractivity contribution >= 4 is 16.8 Å². The summed E-state index contributed by atoms with van der Waals surface area (Å²) in [5.41, 5.74) is 1.59. The molecule has 5 heteroatoms. The van der Waals surface area contributed by atoms with Gasteiger partial charge in [-0.3, -0.25) is 4.79 Å². The fraction of sp³-hybridized carbons (Fsp3) is 0.143. The number of amides is 1. The first-order valence-corrected chi connectivity index (χ1v) is 6.11. The lowest BCUT2D eigenvalue weighted by Gasteiger charge is -2.11. The second-order valence-electron chi connectivity index (χ2n) is 4.45. The number of carbonyl (C=O) groups is 1. The molecule has 5 nitrogen and oxygen atoms in total. The van der Waals surface area contributed by atoms with E-state index in [1.807, 2.05) is 37.4 Å². The number of aromatic amines is 2. The topological polar surface area (TPSA) is 73.6 Å². The lowest BCUT2D eigenvalue weighted by Crippen LogP contribution is -2.27. The van der Waals surface area contributed by atoms with Gasteiger partial charge in [0.15, 0.2) is 0 Å². The number of H-pyrrole nitrogens is 2. The first kappa shape index (κ1) is 11.5. The van der Waals surface area contributed by atoms with Crippen molar-refractivity contribution in [1.82, 2.24) is 20.3 Å². The average molecular weight is 254 g/mol. The van der Waals surface area contributed by atoms with Gasteiger partial charge >= 0.3 is 0 Å². The molecule has 1 unspecified atom stereocenters. The van der Waals surface area contributed by atoms with Gasteiger partial charge in [-0.1, -0.05) is 6.07 Å². The number of imidazole rings is 1. The molecule has 3 N–H and O–H groups in total. The van der Waals surface area contributed by atoms with E-state index in [1.54, 1.807) is 12.4 Å². The van der Waals surface area contributed by atoms with E-state index < -0.39 is 0 Å². The van der Waals surface area contributed by atoms with Gasteiger partial charge in [0.1, 0.15) is 5.82 Å². The van der Waals surface area contributed by atoms with Crippen LogP contribution < -0.4 is 5.32 Å². The van der Waals surface area contributed by atoms with Crippen LogP contribution in [0.15, 0.2) is 42.9 Å². The van der Waals surface area contributed by atoms with Crippen molar-refractivity contribution in [3.63, 3.8) is 0 Å². The van der Waals surface area contributed by atoms with Crippen molar-refractivity contribution in [3.05, 3.63) is 54.2 Å². The van der Waals surface area contributed by atoms with Crippen molar-refractivity contribution in [2.24, 2.45) is 0 Å². The summed E-state index contributed by atoms with van der Waals surface area (Å²) >= 11 is 0. The lowest BCUT2D eigenvalue weighted by atomic mass is 10.1. The zero-order valence-electron chi connectivity index (χ0n) is 10.5. The lowest BCUT2D eigenvalue weighted by molar-refractivity contribution is 0.0938. The highest BCUT2D eigenvalue weighted by Crippen LogP contribution is 2.15. The largest absolute Gasteiger partial charge is 0.361 e. The van der Waals surface area contributed by atoms with E-state index >= 15 is 0 Å². The standard InChI is InChI=1S/C14H14N4O/c1-9(13-16-6-7-17-13)18-14(19)11-3-2-10-4-5-15-12(10)8-11/h2-9,15H,1H3,(H,16,17)(H,18,19). The summed E-state index contributed by atoms with van der Waals surface area (Å²) in [6.45, 7) is 1.89. The Morgan fingerprint density at radius 3 is 2.95 bits per heavy atom. The number of carbonyl (C=O) groups excluding carboxylic acids is 1. The van der Waals surface area contributed by atoms with Gasteiger partial charge in [0.05, 0.1) is 6.04 Å². The predicted octanol–water partition coefficient (Wildman–Crippen LogP) is 2.38. The molecule has 0 spiro atoms. The van der Waals surface area contributed by atoms with Crippen LogP contribution in [0.25, 0.3) is 10.9 Å².